The third-order valence-electron chi connectivity index (χ3n) is 3.65. The van der Waals surface area contributed by atoms with Crippen LogP contribution in [0.25, 0.3) is 0 Å². The molecule has 3 N–H and O–H groups in total. The molecule has 1 aromatic rings. The number of nitrogens with two attached hydrogens (primary N) is 1. The summed E-state index contributed by atoms with van der Waals surface area (Å²) >= 11 is 1.53. The van der Waals surface area contributed by atoms with Crippen LogP contribution in [0.1, 0.15) is 34.8 Å². The normalized spacial score (nSPS) is 20.6. The molecule has 18 heavy (non-hydrogen) atoms. The second kappa shape index (κ2) is 5.82. The highest BCUT2D eigenvalue weighted by Gasteiger charge is 2.25. The maximum absolute atomic E-state index is 11.4. The Bertz CT molecular complexity index is 416. The number of nitrogen functional groups attached to an aromatic ring is 1. The number of hydrazine groups is 1. The van der Waals surface area contributed by atoms with Crippen molar-refractivity contribution >= 4 is 17.2 Å². The number of hydrogen-bond acceptors (Lipinski definition) is 4. The predicted octanol–water partition coefficient (Wildman–Crippen LogP) is 1.83. The lowest BCUT2D eigenvalue weighted by molar-refractivity contribution is 0.0957. The SMILES string of the molecule is CC(C)C1CCN(Cc2ccc(C(=O)NN)s2)C1. The first-order chi connectivity index (χ1) is 8.60. The maximum Gasteiger partial charge on any atom is 0.275 e. The molecule has 5 heteroatoms. The number of hydrogen-bond donors (Lipinski definition) is 2. The summed E-state index contributed by atoms with van der Waals surface area (Å²) in [6.45, 7) is 7.88. The summed E-state index contributed by atoms with van der Waals surface area (Å²) in [6.07, 6.45) is 1.29. The molecule has 0 saturated carbocycles. The van der Waals surface area contributed by atoms with Gasteiger partial charge in [0.05, 0.1) is 4.88 Å². The number of nitrogens with one attached hydrogen (secondary N) is 1. The van der Waals surface area contributed by atoms with Crippen LogP contribution in [-0.4, -0.2) is 23.9 Å². The van der Waals surface area contributed by atoms with Gasteiger partial charge in [-0.25, -0.2) is 5.84 Å². The molecule has 2 rings (SSSR count). The molecule has 0 spiro atoms. The monoisotopic (exact) mass is 267 g/mol. The second-order valence-corrected chi connectivity index (χ2v) is 6.44. The Morgan fingerprint density at radius 1 is 1.61 bits per heavy atom. The van der Waals surface area contributed by atoms with E-state index in [0.717, 1.165) is 18.4 Å². The van der Waals surface area contributed by atoms with Gasteiger partial charge in [-0.05, 0) is 36.9 Å². The second-order valence-electron chi connectivity index (χ2n) is 5.27. The van der Waals surface area contributed by atoms with Gasteiger partial charge in [-0.15, -0.1) is 11.3 Å². The van der Waals surface area contributed by atoms with E-state index in [1.165, 1.54) is 35.7 Å². The van der Waals surface area contributed by atoms with Gasteiger partial charge in [0.15, 0.2) is 0 Å². The number of thiophene rings is 1. The van der Waals surface area contributed by atoms with Crippen LogP contribution in [0.5, 0.6) is 0 Å². The Morgan fingerprint density at radius 2 is 2.39 bits per heavy atom. The summed E-state index contributed by atoms with van der Waals surface area (Å²) in [7, 11) is 0. The van der Waals surface area contributed by atoms with E-state index in [-0.39, 0.29) is 5.91 Å². The van der Waals surface area contributed by atoms with E-state index in [0.29, 0.717) is 4.88 Å². The van der Waals surface area contributed by atoms with Crippen LogP contribution in [0.15, 0.2) is 12.1 Å². The van der Waals surface area contributed by atoms with Crippen molar-refractivity contribution in [3.05, 3.63) is 21.9 Å². The van der Waals surface area contributed by atoms with Crippen molar-refractivity contribution in [2.24, 2.45) is 17.7 Å². The summed E-state index contributed by atoms with van der Waals surface area (Å²) in [4.78, 5) is 15.8. The van der Waals surface area contributed by atoms with E-state index in [1.807, 2.05) is 12.1 Å². The zero-order valence-corrected chi connectivity index (χ0v) is 11.8. The third kappa shape index (κ3) is 3.10. The molecule has 1 aromatic heterocycles. The maximum atomic E-state index is 11.4. The number of carbonyl (C=O) groups excluding carboxylic acids is 1. The Labute approximate surface area is 112 Å². The molecule has 1 unspecified atom stereocenters. The molecule has 0 aromatic carbocycles. The van der Waals surface area contributed by atoms with E-state index < -0.39 is 0 Å². The van der Waals surface area contributed by atoms with Gasteiger partial charge in [0.1, 0.15) is 0 Å². The average Bonchev–Trinajstić information content (AvgIpc) is 2.98. The minimum absolute atomic E-state index is 0.201. The zero-order chi connectivity index (χ0) is 13.1. The molecule has 100 valence electrons. The fraction of sp³-hybridized carbons (Fsp3) is 0.615. The summed E-state index contributed by atoms with van der Waals surface area (Å²) in [6, 6.07) is 3.87. The zero-order valence-electron chi connectivity index (χ0n) is 11.0. The van der Waals surface area contributed by atoms with Gasteiger partial charge in [-0.2, -0.15) is 0 Å². The first kappa shape index (κ1) is 13.5. The Hall–Kier alpha value is -0.910. The number of carbonyl (C=O) groups is 1. The molecule has 1 amide bonds. The van der Waals surface area contributed by atoms with Gasteiger partial charge in [0.2, 0.25) is 0 Å². The fourth-order valence-corrected chi connectivity index (χ4v) is 3.38. The van der Waals surface area contributed by atoms with Crippen LogP contribution >= 0.6 is 11.3 Å². The highest BCUT2D eigenvalue weighted by Crippen LogP contribution is 2.26. The lowest BCUT2D eigenvalue weighted by atomic mass is 9.95. The first-order valence-corrected chi connectivity index (χ1v) is 7.23. The predicted molar refractivity (Wildman–Crippen MR) is 74.2 cm³/mol. The highest BCUT2D eigenvalue weighted by atomic mass is 32.1. The van der Waals surface area contributed by atoms with Crippen LogP contribution in [0, 0.1) is 11.8 Å². The summed E-state index contributed by atoms with van der Waals surface area (Å²) in [5, 5.41) is 0. The van der Waals surface area contributed by atoms with E-state index in [9.17, 15) is 4.79 Å². The van der Waals surface area contributed by atoms with Gasteiger partial charge in [-0.3, -0.25) is 15.1 Å². The molecule has 4 nitrogen and oxygen atoms in total. The summed E-state index contributed by atoms with van der Waals surface area (Å²) in [5.74, 6) is 6.50. The number of likely N-dealkylation sites (tertiary alicyclic amines) is 1. The van der Waals surface area contributed by atoms with Gasteiger partial charge in [0.25, 0.3) is 5.91 Å². The standard InChI is InChI=1S/C13H21N3OS/c1-9(2)10-5-6-16(7-10)8-11-3-4-12(18-11)13(17)15-14/h3-4,9-10H,5-8,14H2,1-2H3,(H,15,17). The van der Waals surface area contributed by atoms with Crippen LogP contribution < -0.4 is 11.3 Å². The van der Waals surface area contributed by atoms with Crippen molar-refractivity contribution in [1.29, 1.82) is 0 Å². The molecular formula is C13H21N3OS. The molecule has 1 atom stereocenters. The number of amides is 1. The number of nitrogens with zero attached hydrogens (tertiary/aromatic N) is 1. The quantitative estimate of drug-likeness (QED) is 0.497. The molecule has 1 fully saturated rings. The topological polar surface area (TPSA) is 58.4 Å². The Morgan fingerprint density at radius 3 is 3.00 bits per heavy atom. The van der Waals surface area contributed by atoms with Crippen molar-refractivity contribution in [3.63, 3.8) is 0 Å². The minimum atomic E-state index is -0.201. The van der Waals surface area contributed by atoms with Gasteiger partial charge in [-0.1, -0.05) is 13.8 Å². The highest BCUT2D eigenvalue weighted by molar-refractivity contribution is 7.14. The summed E-state index contributed by atoms with van der Waals surface area (Å²) < 4.78 is 0. The summed E-state index contributed by atoms with van der Waals surface area (Å²) in [5.41, 5.74) is 2.17. The van der Waals surface area contributed by atoms with Crippen LogP contribution in [-0.2, 0) is 6.54 Å². The molecule has 1 aliphatic rings. The smallest absolute Gasteiger partial charge is 0.275 e. The average molecular weight is 267 g/mol. The lowest BCUT2D eigenvalue weighted by Gasteiger charge is -2.16. The number of rotatable bonds is 4. The van der Waals surface area contributed by atoms with Crippen molar-refractivity contribution in [3.8, 4) is 0 Å². The van der Waals surface area contributed by atoms with E-state index in [1.54, 1.807) is 0 Å². The van der Waals surface area contributed by atoms with Crippen LogP contribution in [0.4, 0.5) is 0 Å². The molecular weight excluding hydrogens is 246 g/mol. The first-order valence-electron chi connectivity index (χ1n) is 6.42. The Balaban J connectivity index is 1.91. The fourth-order valence-electron chi connectivity index (χ4n) is 2.43. The van der Waals surface area contributed by atoms with Crippen LogP contribution in [0.2, 0.25) is 0 Å². The van der Waals surface area contributed by atoms with Crippen molar-refractivity contribution in [2.75, 3.05) is 13.1 Å². The van der Waals surface area contributed by atoms with E-state index >= 15 is 0 Å². The largest absolute Gasteiger partial charge is 0.298 e. The van der Waals surface area contributed by atoms with Gasteiger partial charge < -0.3 is 0 Å². The molecule has 2 heterocycles. The molecule has 0 bridgehead atoms. The van der Waals surface area contributed by atoms with Crippen molar-refractivity contribution < 1.29 is 4.79 Å². The molecule has 1 saturated heterocycles. The molecule has 0 radical (unpaired) electrons. The molecule has 1 aliphatic heterocycles. The van der Waals surface area contributed by atoms with E-state index in [4.69, 9.17) is 5.84 Å². The van der Waals surface area contributed by atoms with Crippen molar-refractivity contribution in [2.45, 2.75) is 26.8 Å². The minimum Gasteiger partial charge on any atom is -0.298 e. The Kier molecular flexibility index (Phi) is 4.37. The van der Waals surface area contributed by atoms with Crippen LogP contribution in [0.3, 0.4) is 0 Å². The lowest BCUT2D eigenvalue weighted by Crippen LogP contribution is -2.29. The van der Waals surface area contributed by atoms with E-state index in [2.05, 4.69) is 24.2 Å². The van der Waals surface area contributed by atoms with Gasteiger partial charge in [0, 0.05) is 18.0 Å². The molecule has 0 aliphatic carbocycles. The van der Waals surface area contributed by atoms with Crippen molar-refractivity contribution in [1.82, 2.24) is 10.3 Å². The third-order valence-corrected chi connectivity index (χ3v) is 4.72. The van der Waals surface area contributed by atoms with Gasteiger partial charge >= 0.3 is 0 Å².